The molecule has 1 aliphatic rings. The van der Waals surface area contributed by atoms with E-state index in [1.165, 1.54) is 22.6 Å². The SMILES string of the molecule is CC(=O)Nc1ccc(-c2csc(NC(=O)[C@@H]3CCCN3S(=O)(=O)c3ccc(C)cc3)n2)cc1. The van der Waals surface area contributed by atoms with Crippen LogP contribution in [0.25, 0.3) is 11.3 Å². The Kier molecular flexibility index (Phi) is 6.59. The van der Waals surface area contributed by atoms with Crippen molar-refractivity contribution >= 4 is 44.0 Å². The highest BCUT2D eigenvalue weighted by Gasteiger charge is 2.39. The number of carbonyl (C=O) groups excluding carboxylic acids is 2. The lowest BCUT2D eigenvalue weighted by atomic mass is 10.1. The van der Waals surface area contributed by atoms with Gasteiger partial charge in [0, 0.05) is 30.1 Å². The van der Waals surface area contributed by atoms with Crippen LogP contribution in [0.15, 0.2) is 58.8 Å². The first-order valence-corrected chi connectivity index (χ1v) is 12.8. The third-order valence-electron chi connectivity index (χ3n) is 5.37. The van der Waals surface area contributed by atoms with Gasteiger partial charge in [-0.1, -0.05) is 29.8 Å². The van der Waals surface area contributed by atoms with Crippen molar-refractivity contribution in [1.29, 1.82) is 0 Å². The molecule has 1 saturated heterocycles. The van der Waals surface area contributed by atoms with E-state index in [2.05, 4.69) is 15.6 Å². The summed E-state index contributed by atoms with van der Waals surface area (Å²) in [6.07, 6.45) is 1.08. The quantitative estimate of drug-likeness (QED) is 0.552. The molecule has 1 aromatic heterocycles. The van der Waals surface area contributed by atoms with E-state index in [0.717, 1.165) is 11.1 Å². The third kappa shape index (κ3) is 5.13. The standard InChI is InChI=1S/C23H24N4O4S2/c1-15-5-11-19(12-6-15)33(30,31)27-13-3-4-21(27)22(29)26-23-25-20(14-32-23)17-7-9-18(10-8-17)24-16(2)28/h5-12,14,21H,3-4,13H2,1-2H3,(H,24,28)(H,25,26,29)/t21-/m0/s1. The molecular weight excluding hydrogens is 460 g/mol. The van der Waals surface area contributed by atoms with Crippen LogP contribution in [0.4, 0.5) is 10.8 Å². The maximum Gasteiger partial charge on any atom is 0.244 e. The van der Waals surface area contributed by atoms with Crippen molar-refractivity contribution in [3.8, 4) is 11.3 Å². The van der Waals surface area contributed by atoms with Crippen LogP contribution in [0.2, 0.25) is 0 Å². The largest absolute Gasteiger partial charge is 0.326 e. The van der Waals surface area contributed by atoms with E-state index in [4.69, 9.17) is 0 Å². The topological polar surface area (TPSA) is 108 Å². The molecule has 0 spiro atoms. The van der Waals surface area contributed by atoms with Gasteiger partial charge in [-0.25, -0.2) is 13.4 Å². The Bertz CT molecular complexity index is 1270. The van der Waals surface area contributed by atoms with Crippen LogP contribution in [0.1, 0.15) is 25.3 Å². The van der Waals surface area contributed by atoms with Crippen LogP contribution in [-0.4, -0.2) is 42.1 Å². The van der Waals surface area contributed by atoms with Gasteiger partial charge in [0.1, 0.15) is 6.04 Å². The number of sulfonamides is 1. The summed E-state index contributed by atoms with van der Waals surface area (Å²) in [4.78, 5) is 28.8. The summed E-state index contributed by atoms with van der Waals surface area (Å²) in [6.45, 7) is 3.64. The molecule has 0 bridgehead atoms. The Hall–Kier alpha value is -3.08. The van der Waals surface area contributed by atoms with Gasteiger partial charge in [-0.15, -0.1) is 11.3 Å². The van der Waals surface area contributed by atoms with Gasteiger partial charge in [-0.2, -0.15) is 4.31 Å². The minimum atomic E-state index is -3.77. The number of hydrogen-bond acceptors (Lipinski definition) is 6. The average molecular weight is 485 g/mol. The van der Waals surface area contributed by atoms with Gasteiger partial charge in [-0.05, 0) is 44.0 Å². The molecule has 0 saturated carbocycles. The number of nitrogens with zero attached hydrogens (tertiary/aromatic N) is 2. The zero-order chi connectivity index (χ0) is 23.6. The second kappa shape index (κ2) is 9.42. The molecule has 3 aromatic rings. The van der Waals surface area contributed by atoms with Crippen molar-refractivity contribution in [3.05, 3.63) is 59.5 Å². The zero-order valence-electron chi connectivity index (χ0n) is 18.2. The Labute approximate surface area is 196 Å². The highest BCUT2D eigenvalue weighted by molar-refractivity contribution is 7.89. The first-order valence-electron chi connectivity index (χ1n) is 10.5. The van der Waals surface area contributed by atoms with E-state index in [1.54, 1.807) is 36.4 Å². The number of benzene rings is 2. The lowest BCUT2D eigenvalue weighted by Crippen LogP contribution is -2.43. The molecule has 2 N–H and O–H groups in total. The molecule has 10 heteroatoms. The molecule has 2 amide bonds. The molecule has 2 aromatic carbocycles. The van der Waals surface area contributed by atoms with Gasteiger partial charge in [0.2, 0.25) is 21.8 Å². The number of anilines is 2. The van der Waals surface area contributed by atoms with Crippen molar-refractivity contribution in [2.45, 2.75) is 37.6 Å². The molecule has 0 radical (unpaired) electrons. The fraction of sp³-hybridized carbons (Fsp3) is 0.261. The molecule has 1 atom stereocenters. The van der Waals surface area contributed by atoms with Crippen molar-refractivity contribution in [1.82, 2.24) is 9.29 Å². The van der Waals surface area contributed by atoms with Gasteiger partial charge in [0.15, 0.2) is 5.13 Å². The van der Waals surface area contributed by atoms with Gasteiger partial charge in [0.25, 0.3) is 0 Å². The summed E-state index contributed by atoms with van der Waals surface area (Å²) in [5.74, 6) is -0.531. The van der Waals surface area contributed by atoms with Crippen molar-refractivity contribution in [2.75, 3.05) is 17.2 Å². The predicted octanol–water partition coefficient (Wildman–Crippen LogP) is 3.87. The average Bonchev–Trinajstić information content (AvgIpc) is 3.44. The molecule has 33 heavy (non-hydrogen) atoms. The van der Waals surface area contributed by atoms with E-state index in [1.807, 2.05) is 24.4 Å². The first kappa shape index (κ1) is 23.1. The van der Waals surface area contributed by atoms with Crippen molar-refractivity contribution in [2.24, 2.45) is 0 Å². The van der Waals surface area contributed by atoms with Crippen molar-refractivity contribution < 1.29 is 18.0 Å². The molecule has 0 aliphatic carbocycles. The van der Waals surface area contributed by atoms with Crippen molar-refractivity contribution in [3.63, 3.8) is 0 Å². The number of aryl methyl sites for hydroxylation is 1. The molecule has 0 unspecified atom stereocenters. The van der Waals surface area contributed by atoms with Gasteiger partial charge >= 0.3 is 0 Å². The Morgan fingerprint density at radius 1 is 1.06 bits per heavy atom. The van der Waals surface area contributed by atoms with Crippen LogP contribution in [0.3, 0.4) is 0 Å². The number of nitrogens with one attached hydrogen (secondary N) is 2. The van der Waals surface area contributed by atoms with E-state index >= 15 is 0 Å². The summed E-state index contributed by atoms with van der Waals surface area (Å²) in [7, 11) is -3.77. The minimum absolute atomic E-state index is 0.147. The minimum Gasteiger partial charge on any atom is -0.326 e. The highest BCUT2D eigenvalue weighted by Crippen LogP contribution is 2.29. The fourth-order valence-electron chi connectivity index (χ4n) is 3.72. The Morgan fingerprint density at radius 3 is 2.42 bits per heavy atom. The van der Waals surface area contributed by atoms with E-state index in [9.17, 15) is 18.0 Å². The van der Waals surface area contributed by atoms with Crippen LogP contribution >= 0.6 is 11.3 Å². The van der Waals surface area contributed by atoms with Gasteiger partial charge < -0.3 is 10.6 Å². The molecule has 1 aliphatic heterocycles. The summed E-state index contributed by atoms with van der Waals surface area (Å²) >= 11 is 1.27. The van der Waals surface area contributed by atoms with Crippen LogP contribution in [-0.2, 0) is 19.6 Å². The second-order valence-electron chi connectivity index (χ2n) is 7.87. The number of carbonyl (C=O) groups is 2. The fourth-order valence-corrected chi connectivity index (χ4v) is 6.09. The van der Waals surface area contributed by atoms with E-state index in [-0.39, 0.29) is 16.7 Å². The first-order chi connectivity index (χ1) is 15.7. The second-order valence-corrected chi connectivity index (χ2v) is 10.6. The van der Waals surface area contributed by atoms with Crippen LogP contribution < -0.4 is 10.6 Å². The summed E-state index contributed by atoms with van der Waals surface area (Å²) < 4.78 is 27.5. The zero-order valence-corrected chi connectivity index (χ0v) is 19.9. The normalized spacial score (nSPS) is 16.5. The maximum absolute atomic E-state index is 13.1. The summed E-state index contributed by atoms with van der Waals surface area (Å²) in [6, 6.07) is 13.1. The third-order valence-corrected chi connectivity index (χ3v) is 8.05. The van der Waals surface area contributed by atoms with E-state index < -0.39 is 16.1 Å². The number of aromatic nitrogens is 1. The number of hydrogen-bond donors (Lipinski definition) is 2. The molecule has 172 valence electrons. The molecule has 2 heterocycles. The van der Waals surface area contributed by atoms with Crippen LogP contribution in [0.5, 0.6) is 0 Å². The van der Waals surface area contributed by atoms with Crippen LogP contribution in [0, 0.1) is 6.92 Å². The lowest BCUT2D eigenvalue weighted by molar-refractivity contribution is -0.119. The van der Waals surface area contributed by atoms with Gasteiger partial charge in [0.05, 0.1) is 10.6 Å². The Morgan fingerprint density at radius 2 is 1.76 bits per heavy atom. The highest BCUT2D eigenvalue weighted by atomic mass is 32.2. The predicted molar refractivity (Wildman–Crippen MR) is 129 cm³/mol. The smallest absolute Gasteiger partial charge is 0.244 e. The molecule has 4 rings (SSSR count). The summed E-state index contributed by atoms with van der Waals surface area (Å²) in [5, 5.41) is 7.71. The molecular formula is C23H24N4O4S2. The lowest BCUT2D eigenvalue weighted by Gasteiger charge is -2.23. The van der Waals surface area contributed by atoms with E-state index in [0.29, 0.717) is 35.9 Å². The Balaban J connectivity index is 1.46. The molecule has 1 fully saturated rings. The number of thiazole rings is 1. The van der Waals surface area contributed by atoms with Gasteiger partial charge in [-0.3, -0.25) is 9.59 Å². The number of rotatable bonds is 6. The maximum atomic E-state index is 13.1. The monoisotopic (exact) mass is 484 g/mol. The summed E-state index contributed by atoms with van der Waals surface area (Å²) in [5.41, 5.74) is 3.17. The molecule has 8 nitrogen and oxygen atoms in total. The number of amides is 2.